The van der Waals surface area contributed by atoms with Gasteiger partial charge in [-0.2, -0.15) is 5.10 Å². The first-order valence-corrected chi connectivity index (χ1v) is 7.60. The second kappa shape index (κ2) is 6.98. The molecule has 0 atom stereocenters. The largest absolute Gasteiger partial charge is 0.352 e. The maximum Gasteiger partial charge on any atom is 0.251 e. The number of pyridine rings is 1. The number of rotatable bonds is 5. The quantitative estimate of drug-likeness (QED) is 0.859. The van der Waals surface area contributed by atoms with Crippen molar-refractivity contribution in [1.82, 2.24) is 25.1 Å². The zero-order valence-corrected chi connectivity index (χ0v) is 12.4. The molecule has 2 heterocycles. The van der Waals surface area contributed by atoms with Crippen molar-refractivity contribution in [3.8, 4) is 5.82 Å². The predicted octanol–water partition coefficient (Wildman–Crippen LogP) is 2.28. The Morgan fingerprint density at radius 2 is 2.32 bits per heavy atom. The van der Waals surface area contributed by atoms with Crippen molar-refractivity contribution < 1.29 is 4.79 Å². The van der Waals surface area contributed by atoms with Gasteiger partial charge in [0.05, 0.1) is 0 Å². The third kappa shape index (κ3) is 3.58. The molecule has 1 aliphatic carbocycles. The maximum atomic E-state index is 12.2. The summed E-state index contributed by atoms with van der Waals surface area (Å²) in [5, 5.41) is 6.98. The standard InChI is InChI=1S/C16H19N5O/c22-16(19-8-6-13-4-2-1-3-5-13)14-7-9-18-15(10-14)21-12-17-11-20-21/h4,7,9-12H,1-3,5-6,8H2,(H,19,22). The van der Waals surface area contributed by atoms with Gasteiger partial charge in [0.1, 0.15) is 12.7 Å². The van der Waals surface area contributed by atoms with Gasteiger partial charge in [-0.15, -0.1) is 0 Å². The molecule has 0 aromatic carbocycles. The number of nitrogens with zero attached hydrogens (tertiary/aromatic N) is 4. The van der Waals surface area contributed by atoms with Crippen LogP contribution in [0, 0.1) is 0 Å². The molecule has 3 rings (SSSR count). The molecule has 2 aromatic heterocycles. The monoisotopic (exact) mass is 297 g/mol. The Bertz CT molecular complexity index is 663. The summed E-state index contributed by atoms with van der Waals surface area (Å²) in [6.45, 7) is 0.672. The summed E-state index contributed by atoms with van der Waals surface area (Å²) in [7, 11) is 0. The molecule has 0 spiro atoms. The fourth-order valence-electron chi connectivity index (χ4n) is 2.58. The van der Waals surface area contributed by atoms with E-state index in [-0.39, 0.29) is 5.91 Å². The molecule has 0 bridgehead atoms. The summed E-state index contributed by atoms with van der Waals surface area (Å²) < 4.78 is 1.53. The van der Waals surface area contributed by atoms with Crippen LogP contribution in [-0.2, 0) is 0 Å². The average Bonchev–Trinajstić information content (AvgIpc) is 3.10. The summed E-state index contributed by atoms with van der Waals surface area (Å²) in [6, 6.07) is 3.42. The van der Waals surface area contributed by atoms with E-state index in [1.165, 1.54) is 42.3 Å². The minimum absolute atomic E-state index is 0.0832. The lowest BCUT2D eigenvalue weighted by Crippen LogP contribution is -2.25. The van der Waals surface area contributed by atoms with Crippen LogP contribution in [0.2, 0.25) is 0 Å². The molecule has 0 aliphatic heterocycles. The first-order chi connectivity index (χ1) is 10.8. The van der Waals surface area contributed by atoms with Crippen LogP contribution in [0.25, 0.3) is 5.82 Å². The lowest BCUT2D eigenvalue weighted by molar-refractivity contribution is 0.0954. The van der Waals surface area contributed by atoms with E-state index in [4.69, 9.17) is 0 Å². The van der Waals surface area contributed by atoms with Crippen molar-refractivity contribution in [3.63, 3.8) is 0 Å². The third-order valence-electron chi connectivity index (χ3n) is 3.78. The predicted molar refractivity (Wildman–Crippen MR) is 82.7 cm³/mol. The summed E-state index contributed by atoms with van der Waals surface area (Å²) in [6.07, 6.45) is 12.7. The third-order valence-corrected chi connectivity index (χ3v) is 3.78. The number of hydrogen-bond donors (Lipinski definition) is 1. The lowest BCUT2D eigenvalue weighted by atomic mass is 9.97. The van der Waals surface area contributed by atoms with Gasteiger partial charge in [0, 0.05) is 18.3 Å². The second-order valence-electron chi connectivity index (χ2n) is 5.36. The highest BCUT2D eigenvalue weighted by Crippen LogP contribution is 2.19. The van der Waals surface area contributed by atoms with Crippen LogP contribution in [0.4, 0.5) is 0 Å². The van der Waals surface area contributed by atoms with Crippen molar-refractivity contribution >= 4 is 5.91 Å². The van der Waals surface area contributed by atoms with Crippen LogP contribution in [0.3, 0.4) is 0 Å². The Balaban J connectivity index is 1.58. The Hall–Kier alpha value is -2.50. The molecule has 0 radical (unpaired) electrons. The minimum Gasteiger partial charge on any atom is -0.352 e. The number of amides is 1. The van der Waals surface area contributed by atoms with Gasteiger partial charge in [-0.3, -0.25) is 4.79 Å². The molecule has 0 fully saturated rings. The van der Waals surface area contributed by atoms with E-state index in [1.54, 1.807) is 24.7 Å². The van der Waals surface area contributed by atoms with Crippen molar-refractivity contribution in [1.29, 1.82) is 0 Å². The van der Waals surface area contributed by atoms with Gasteiger partial charge in [0.15, 0.2) is 5.82 Å². The first-order valence-electron chi connectivity index (χ1n) is 7.60. The maximum absolute atomic E-state index is 12.2. The molecule has 1 N–H and O–H groups in total. The molecule has 22 heavy (non-hydrogen) atoms. The Morgan fingerprint density at radius 1 is 1.36 bits per heavy atom. The van der Waals surface area contributed by atoms with Gasteiger partial charge in [0.25, 0.3) is 5.91 Å². The van der Waals surface area contributed by atoms with E-state index < -0.39 is 0 Å². The van der Waals surface area contributed by atoms with Crippen LogP contribution in [0.15, 0.2) is 42.6 Å². The normalized spacial score (nSPS) is 14.5. The van der Waals surface area contributed by atoms with Crippen LogP contribution in [-0.4, -0.2) is 32.2 Å². The molecular weight excluding hydrogens is 278 g/mol. The average molecular weight is 297 g/mol. The van der Waals surface area contributed by atoms with Crippen molar-refractivity contribution in [3.05, 3.63) is 48.2 Å². The molecule has 0 saturated heterocycles. The number of carbonyl (C=O) groups is 1. The van der Waals surface area contributed by atoms with E-state index in [2.05, 4.69) is 26.5 Å². The molecule has 0 unspecified atom stereocenters. The zero-order valence-electron chi connectivity index (χ0n) is 12.4. The zero-order chi connectivity index (χ0) is 15.2. The number of allylic oxidation sites excluding steroid dienone is 1. The second-order valence-corrected chi connectivity index (χ2v) is 5.36. The van der Waals surface area contributed by atoms with Crippen molar-refractivity contribution in [2.24, 2.45) is 0 Å². The molecule has 1 amide bonds. The topological polar surface area (TPSA) is 72.7 Å². The van der Waals surface area contributed by atoms with E-state index in [9.17, 15) is 4.79 Å². The van der Waals surface area contributed by atoms with E-state index in [0.717, 1.165) is 6.42 Å². The van der Waals surface area contributed by atoms with Crippen molar-refractivity contribution in [2.75, 3.05) is 6.54 Å². The SMILES string of the molecule is O=C(NCCC1=CCCCC1)c1ccnc(-n2cncn2)c1. The molecule has 6 heteroatoms. The smallest absolute Gasteiger partial charge is 0.251 e. The number of hydrogen-bond acceptors (Lipinski definition) is 4. The Morgan fingerprint density at radius 3 is 3.09 bits per heavy atom. The number of nitrogens with one attached hydrogen (secondary N) is 1. The summed E-state index contributed by atoms with van der Waals surface area (Å²) in [4.78, 5) is 20.3. The Labute approximate surface area is 129 Å². The van der Waals surface area contributed by atoms with E-state index >= 15 is 0 Å². The van der Waals surface area contributed by atoms with E-state index in [0.29, 0.717) is 17.9 Å². The first kappa shape index (κ1) is 14.4. The van der Waals surface area contributed by atoms with Gasteiger partial charge >= 0.3 is 0 Å². The summed E-state index contributed by atoms with van der Waals surface area (Å²) in [5.74, 6) is 0.500. The van der Waals surface area contributed by atoms with Gasteiger partial charge in [0.2, 0.25) is 0 Å². The van der Waals surface area contributed by atoms with Gasteiger partial charge in [-0.05, 0) is 44.2 Å². The fourth-order valence-corrected chi connectivity index (χ4v) is 2.58. The Kier molecular flexibility index (Phi) is 4.58. The summed E-state index contributed by atoms with van der Waals surface area (Å²) in [5.41, 5.74) is 2.04. The van der Waals surface area contributed by atoms with Gasteiger partial charge in [-0.25, -0.2) is 14.6 Å². The van der Waals surface area contributed by atoms with Gasteiger partial charge in [-0.1, -0.05) is 11.6 Å². The fraction of sp³-hybridized carbons (Fsp3) is 0.375. The highest BCUT2D eigenvalue weighted by Gasteiger charge is 2.09. The summed E-state index contributed by atoms with van der Waals surface area (Å²) >= 11 is 0. The highest BCUT2D eigenvalue weighted by atomic mass is 16.1. The number of carbonyl (C=O) groups excluding carboxylic acids is 1. The molecule has 1 aliphatic rings. The van der Waals surface area contributed by atoms with Crippen LogP contribution in [0.1, 0.15) is 42.5 Å². The molecule has 6 nitrogen and oxygen atoms in total. The van der Waals surface area contributed by atoms with Crippen LogP contribution < -0.4 is 5.32 Å². The van der Waals surface area contributed by atoms with Crippen molar-refractivity contribution in [2.45, 2.75) is 32.1 Å². The van der Waals surface area contributed by atoms with Gasteiger partial charge < -0.3 is 5.32 Å². The highest BCUT2D eigenvalue weighted by molar-refractivity contribution is 5.94. The van der Waals surface area contributed by atoms with Crippen LogP contribution >= 0.6 is 0 Å². The minimum atomic E-state index is -0.0832. The van der Waals surface area contributed by atoms with E-state index in [1.807, 2.05) is 0 Å². The molecule has 2 aromatic rings. The lowest BCUT2D eigenvalue weighted by Gasteiger charge is -2.13. The number of aromatic nitrogens is 4. The molecular formula is C16H19N5O. The molecule has 114 valence electrons. The van der Waals surface area contributed by atoms with Crippen LogP contribution in [0.5, 0.6) is 0 Å². The molecule has 0 saturated carbocycles.